The van der Waals surface area contributed by atoms with E-state index in [2.05, 4.69) is 38.1 Å². The molecule has 0 amide bonds. The molecule has 1 aliphatic carbocycles. The smallest absolute Gasteiger partial charge is 0.190 e. The molecule has 1 unspecified atom stereocenters. The second-order valence-electron chi connectivity index (χ2n) is 6.33. The monoisotopic (exact) mass is 286 g/mol. The molecule has 0 radical (unpaired) electrons. The molecule has 0 bridgehead atoms. The van der Waals surface area contributed by atoms with Gasteiger partial charge >= 0.3 is 0 Å². The summed E-state index contributed by atoms with van der Waals surface area (Å²) >= 11 is 0. The topological polar surface area (TPSA) is 26.3 Å². The van der Waals surface area contributed by atoms with Crippen molar-refractivity contribution in [2.75, 3.05) is 6.61 Å². The highest BCUT2D eigenvalue weighted by molar-refractivity contribution is 6.05. The molecule has 0 aliphatic heterocycles. The van der Waals surface area contributed by atoms with Gasteiger partial charge in [-0.3, -0.25) is 4.79 Å². The van der Waals surface area contributed by atoms with Crippen LogP contribution >= 0.6 is 0 Å². The van der Waals surface area contributed by atoms with Crippen LogP contribution in [0.2, 0.25) is 0 Å². The molecule has 1 aromatic rings. The molecular formula is C19H26O2. The van der Waals surface area contributed by atoms with Gasteiger partial charge < -0.3 is 4.74 Å². The van der Waals surface area contributed by atoms with Gasteiger partial charge in [-0.15, -0.1) is 0 Å². The Kier molecular flexibility index (Phi) is 5.00. The van der Waals surface area contributed by atoms with Crippen LogP contribution in [-0.4, -0.2) is 18.0 Å². The second-order valence-corrected chi connectivity index (χ2v) is 6.33. The first-order chi connectivity index (χ1) is 9.98. The average molecular weight is 286 g/mol. The van der Waals surface area contributed by atoms with Gasteiger partial charge in [-0.1, -0.05) is 49.8 Å². The molecular weight excluding hydrogens is 260 g/mol. The minimum Gasteiger partial charge on any atom is -0.367 e. The third-order valence-corrected chi connectivity index (χ3v) is 4.26. The lowest BCUT2D eigenvalue weighted by molar-refractivity contribution is -0.136. The minimum absolute atomic E-state index is 0.197. The van der Waals surface area contributed by atoms with Crippen LogP contribution < -0.4 is 0 Å². The molecule has 1 aliphatic rings. The summed E-state index contributed by atoms with van der Waals surface area (Å²) in [4.78, 5) is 12.7. The Morgan fingerprint density at radius 1 is 1.19 bits per heavy atom. The molecule has 2 heteroatoms. The first kappa shape index (κ1) is 16.0. The highest BCUT2D eigenvalue weighted by atomic mass is 16.5. The van der Waals surface area contributed by atoms with E-state index < -0.39 is 5.60 Å². The molecule has 114 valence electrons. The zero-order valence-electron chi connectivity index (χ0n) is 13.6. The quantitative estimate of drug-likeness (QED) is 0.777. The fourth-order valence-electron chi connectivity index (χ4n) is 3.30. The third kappa shape index (κ3) is 3.44. The Morgan fingerprint density at radius 2 is 1.86 bits per heavy atom. The molecule has 2 rings (SSSR count). The summed E-state index contributed by atoms with van der Waals surface area (Å²) in [7, 11) is 0. The van der Waals surface area contributed by atoms with Crippen molar-refractivity contribution in [1.82, 2.24) is 0 Å². The molecule has 1 atom stereocenters. The van der Waals surface area contributed by atoms with Crippen LogP contribution in [0, 0.1) is 5.92 Å². The number of rotatable bonds is 6. The fourth-order valence-corrected chi connectivity index (χ4v) is 3.30. The predicted octanol–water partition coefficient (Wildman–Crippen LogP) is 4.34. The van der Waals surface area contributed by atoms with Gasteiger partial charge in [-0.05, 0) is 38.2 Å². The number of aryl methyl sites for hydroxylation is 1. The summed E-state index contributed by atoms with van der Waals surface area (Å²) in [6, 6.07) is 10.5. The van der Waals surface area contributed by atoms with E-state index in [1.54, 1.807) is 0 Å². The summed E-state index contributed by atoms with van der Waals surface area (Å²) in [5.41, 5.74) is 2.97. The van der Waals surface area contributed by atoms with Crippen molar-refractivity contribution in [1.29, 1.82) is 0 Å². The van der Waals surface area contributed by atoms with Crippen molar-refractivity contribution < 1.29 is 9.53 Å². The number of carbonyl (C=O) groups excluding carboxylic acids is 1. The van der Waals surface area contributed by atoms with Crippen LogP contribution in [0.25, 0.3) is 0 Å². The molecule has 2 nitrogen and oxygen atoms in total. The lowest BCUT2D eigenvalue weighted by Gasteiger charge is -2.23. The Morgan fingerprint density at radius 3 is 2.43 bits per heavy atom. The molecule has 0 saturated carbocycles. The number of ether oxygens (including phenoxy) is 1. The Balaban J connectivity index is 2.16. The Bertz CT molecular complexity index is 528. The van der Waals surface area contributed by atoms with E-state index in [0.717, 1.165) is 24.8 Å². The molecule has 1 aromatic carbocycles. The molecule has 0 N–H and O–H groups in total. The average Bonchev–Trinajstić information content (AvgIpc) is 2.70. The van der Waals surface area contributed by atoms with E-state index in [1.807, 2.05) is 19.9 Å². The summed E-state index contributed by atoms with van der Waals surface area (Å²) in [5.74, 6) is 0.466. The number of carbonyl (C=O) groups is 1. The lowest BCUT2D eigenvalue weighted by atomic mass is 9.94. The summed E-state index contributed by atoms with van der Waals surface area (Å²) in [6.07, 6.45) is 2.69. The maximum Gasteiger partial charge on any atom is 0.190 e. The van der Waals surface area contributed by atoms with E-state index in [4.69, 9.17) is 4.74 Å². The van der Waals surface area contributed by atoms with Gasteiger partial charge in [0.15, 0.2) is 5.78 Å². The van der Waals surface area contributed by atoms with Crippen LogP contribution in [0.3, 0.4) is 0 Å². The fraction of sp³-hybridized carbons (Fsp3) is 0.526. The van der Waals surface area contributed by atoms with Crippen molar-refractivity contribution in [3.05, 3.63) is 47.0 Å². The van der Waals surface area contributed by atoms with E-state index >= 15 is 0 Å². The maximum absolute atomic E-state index is 12.7. The first-order valence-electron chi connectivity index (χ1n) is 7.92. The van der Waals surface area contributed by atoms with Crippen LogP contribution in [0.15, 0.2) is 41.5 Å². The van der Waals surface area contributed by atoms with Gasteiger partial charge in [0.25, 0.3) is 0 Å². The number of Topliss-reactive ketones (excluding diaryl/α,β-unsaturated/α-hetero) is 1. The normalized spacial score (nSPS) is 22.4. The molecule has 0 spiro atoms. The Hall–Kier alpha value is -1.41. The largest absolute Gasteiger partial charge is 0.367 e. The van der Waals surface area contributed by atoms with Crippen molar-refractivity contribution in [3.8, 4) is 0 Å². The third-order valence-electron chi connectivity index (χ3n) is 4.26. The summed E-state index contributed by atoms with van der Waals surface area (Å²) < 4.78 is 5.77. The van der Waals surface area contributed by atoms with Crippen LogP contribution in [0.4, 0.5) is 0 Å². The maximum atomic E-state index is 12.7. The van der Waals surface area contributed by atoms with Crippen molar-refractivity contribution in [2.45, 2.75) is 52.6 Å². The predicted molar refractivity (Wildman–Crippen MR) is 86.3 cm³/mol. The zero-order valence-corrected chi connectivity index (χ0v) is 13.6. The van der Waals surface area contributed by atoms with Crippen LogP contribution in [-0.2, 0) is 16.0 Å². The second kappa shape index (κ2) is 6.57. The van der Waals surface area contributed by atoms with Gasteiger partial charge in [0, 0.05) is 18.6 Å². The molecule has 0 aromatic heterocycles. The van der Waals surface area contributed by atoms with E-state index in [1.165, 1.54) is 11.1 Å². The number of hydrogen-bond donors (Lipinski definition) is 0. The zero-order chi connectivity index (χ0) is 15.5. The van der Waals surface area contributed by atoms with Crippen molar-refractivity contribution in [3.63, 3.8) is 0 Å². The molecule has 21 heavy (non-hydrogen) atoms. The Labute approximate surface area is 128 Å². The molecule has 0 saturated heterocycles. The van der Waals surface area contributed by atoms with Crippen molar-refractivity contribution in [2.24, 2.45) is 5.92 Å². The summed E-state index contributed by atoms with van der Waals surface area (Å²) in [6.45, 7) is 8.69. The number of ketones is 1. The minimum atomic E-state index is -0.639. The van der Waals surface area contributed by atoms with E-state index in [-0.39, 0.29) is 11.7 Å². The highest BCUT2D eigenvalue weighted by Crippen LogP contribution is 2.39. The van der Waals surface area contributed by atoms with E-state index in [0.29, 0.717) is 6.61 Å². The highest BCUT2D eigenvalue weighted by Gasteiger charge is 2.44. The SMILES string of the molecule is CCOC1(C)CC(CCc2ccccc2)=C(C(C)C)C1=O. The van der Waals surface area contributed by atoms with Gasteiger partial charge in [-0.2, -0.15) is 0 Å². The molecule has 0 heterocycles. The van der Waals surface area contributed by atoms with E-state index in [9.17, 15) is 4.79 Å². The van der Waals surface area contributed by atoms with Gasteiger partial charge in [0.05, 0.1) is 0 Å². The number of hydrogen-bond acceptors (Lipinski definition) is 2. The number of benzene rings is 1. The standard InChI is InChI=1S/C19H26O2/c1-5-21-19(4)13-16(17(14(2)3)18(19)20)12-11-15-9-7-6-8-10-15/h6-10,14H,5,11-13H2,1-4H3. The van der Waals surface area contributed by atoms with Gasteiger partial charge in [-0.25, -0.2) is 0 Å². The first-order valence-corrected chi connectivity index (χ1v) is 7.92. The molecule has 0 fully saturated rings. The van der Waals surface area contributed by atoms with Crippen LogP contribution in [0.1, 0.15) is 46.1 Å². The van der Waals surface area contributed by atoms with Gasteiger partial charge in [0.2, 0.25) is 0 Å². The van der Waals surface area contributed by atoms with Crippen LogP contribution in [0.5, 0.6) is 0 Å². The lowest BCUT2D eigenvalue weighted by Crippen LogP contribution is -2.36. The van der Waals surface area contributed by atoms with Gasteiger partial charge in [0.1, 0.15) is 5.60 Å². The summed E-state index contributed by atoms with van der Waals surface area (Å²) in [5, 5.41) is 0. The van der Waals surface area contributed by atoms with Crippen molar-refractivity contribution >= 4 is 5.78 Å².